The van der Waals surface area contributed by atoms with Gasteiger partial charge in [-0.25, -0.2) is 13.1 Å². The SMILES string of the molecule is CNC(=O)CCNS(=O)(=O)c1ccc(OCC(N)=O)c(Cl)c1. The van der Waals surface area contributed by atoms with E-state index < -0.39 is 15.9 Å². The maximum atomic E-state index is 12.0. The van der Waals surface area contributed by atoms with Crippen molar-refractivity contribution in [3.05, 3.63) is 23.2 Å². The predicted octanol–water partition coefficient (Wildman–Crippen LogP) is -0.381. The summed E-state index contributed by atoms with van der Waals surface area (Å²) in [6.45, 7) is -0.407. The number of hydrogen-bond acceptors (Lipinski definition) is 5. The van der Waals surface area contributed by atoms with Crippen LogP contribution in [0.25, 0.3) is 0 Å². The van der Waals surface area contributed by atoms with E-state index in [0.717, 1.165) is 0 Å². The number of hydrogen-bond donors (Lipinski definition) is 3. The second-order valence-corrected chi connectivity index (χ2v) is 6.34. The molecule has 22 heavy (non-hydrogen) atoms. The summed E-state index contributed by atoms with van der Waals surface area (Å²) >= 11 is 5.89. The summed E-state index contributed by atoms with van der Waals surface area (Å²) in [6.07, 6.45) is 0.0171. The molecular formula is C12H16ClN3O5S. The zero-order chi connectivity index (χ0) is 16.8. The molecule has 0 bridgehead atoms. The molecule has 122 valence electrons. The van der Waals surface area contributed by atoms with Gasteiger partial charge in [0.2, 0.25) is 15.9 Å². The largest absolute Gasteiger partial charge is 0.482 e. The monoisotopic (exact) mass is 349 g/mol. The van der Waals surface area contributed by atoms with Crippen LogP contribution in [0.1, 0.15) is 6.42 Å². The lowest BCUT2D eigenvalue weighted by Gasteiger charge is -2.09. The summed E-state index contributed by atoms with van der Waals surface area (Å²) in [4.78, 5) is 21.6. The first-order valence-corrected chi connectivity index (χ1v) is 8.03. The van der Waals surface area contributed by atoms with Crippen LogP contribution in [0.15, 0.2) is 23.1 Å². The van der Waals surface area contributed by atoms with Crippen LogP contribution in [0.2, 0.25) is 5.02 Å². The van der Waals surface area contributed by atoms with Crippen LogP contribution < -0.4 is 20.5 Å². The molecule has 8 nitrogen and oxygen atoms in total. The molecule has 2 amide bonds. The summed E-state index contributed by atoms with van der Waals surface area (Å²) < 4.78 is 31.3. The van der Waals surface area contributed by atoms with E-state index in [9.17, 15) is 18.0 Å². The second-order valence-electron chi connectivity index (χ2n) is 4.17. The number of benzene rings is 1. The normalized spacial score (nSPS) is 11.0. The minimum atomic E-state index is -3.80. The van der Waals surface area contributed by atoms with Crippen LogP contribution in [0.3, 0.4) is 0 Å². The molecule has 0 fully saturated rings. The van der Waals surface area contributed by atoms with Crippen LogP contribution in [-0.4, -0.2) is 40.4 Å². The molecule has 0 aliphatic carbocycles. The number of nitrogens with one attached hydrogen (secondary N) is 2. The number of sulfonamides is 1. The van der Waals surface area contributed by atoms with Crippen molar-refractivity contribution in [2.75, 3.05) is 20.2 Å². The molecule has 10 heteroatoms. The fraction of sp³-hybridized carbons (Fsp3) is 0.333. The van der Waals surface area contributed by atoms with Gasteiger partial charge < -0.3 is 15.8 Å². The van der Waals surface area contributed by atoms with E-state index in [1.165, 1.54) is 25.2 Å². The molecular weight excluding hydrogens is 334 g/mol. The van der Waals surface area contributed by atoms with Crippen molar-refractivity contribution in [2.45, 2.75) is 11.3 Å². The number of ether oxygens (including phenoxy) is 1. The Morgan fingerprint density at radius 2 is 2.05 bits per heavy atom. The van der Waals surface area contributed by atoms with Gasteiger partial charge in [0.1, 0.15) is 5.75 Å². The van der Waals surface area contributed by atoms with Gasteiger partial charge in [0.05, 0.1) is 9.92 Å². The average molecular weight is 350 g/mol. The van der Waals surface area contributed by atoms with Crippen molar-refractivity contribution in [1.82, 2.24) is 10.0 Å². The van der Waals surface area contributed by atoms with Gasteiger partial charge in [0.25, 0.3) is 5.91 Å². The first-order chi connectivity index (χ1) is 10.3. The molecule has 0 saturated heterocycles. The fourth-order valence-electron chi connectivity index (χ4n) is 1.42. The van der Waals surface area contributed by atoms with Crippen LogP contribution in [0, 0.1) is 0 Å². The van der Waals surface area contributed by atoms with Gasteiger partial charge in [-0.15, -0.1) is 0 Å². The summed E-state index contributed by atoms with van der Waals surface area (Å²) in [5.41, 5.74) is 4.93. The Bertz CT molecular complexity index is 663. The molecule has 0 aromatic heterocycles. The van der Waals surface area contributed by atoms with E-state index in [1.807, 2.05) is 0 Å². The molecule has 0 heterocycles. The van der Waals surface area contributed by atoms with Crippen molar-refractivity contribution in [1.29, 1.82) is 0 Å². The zero-order valence-corrected chi connectivity index (χ0v) is 13.3. The Labute approximate surface area is 133 Å². The molecule has 0 saturated carbocycles. The number of rotatable bonds is 8. The molecule has 4 N–H and O–H groups in total. The lowest BCUT2D eigenvalue weighted by molar-refractivity contribution is -0.121. The molecule has 0 aliphatic rings. The van der Waals surface area contributed by atoms with Crippen LogP contribution in [0.4, 0.5) is 0 Å². The molecule has 1 rings (SSSR count). The topological polar surface area (TPSA) is 128 Å². The van der Waals surface area contributed by atoms with Crippen molar-refractivity contribution in [3.63, 3.8) is 0 Å². The maximum absolute atomic E-state index is 12.0. The van der Waals surface area contributed by atoms with E-state index in [2.05, 4.69) is 10.0 Å². The van der Waals surface area contributed by atoms with E-state index in [1.54, 1.807) is 0 Å². The van der Waals surface area contributed by atoms with Gasteiger partial charge in [-0.1, -0.05) is 11.6 Å². The van der Waals surface area contributed by atoms with E-state index in [-0.39, 0.29) is 41.1 Å². The van der Waals surface area contributed by atoms with Gasteiger partial charge in [-0.3, -0.25) is 9.59 Å². The molecule has 0 aliphatic heterocycles. The number of carbonyl (C=O) groups is 2. The highest BCUT2D eigenvalue weighted by atomic mass is 35.5. The number of halogens is 1. The van der Waals surface area contributed by atoms with Crippen molar-refractivity contribution in [2.24, 2.45) is 5.73 Å². The highest BCUT2D eigenvalue weighted by molar-refractivity contribution is 7.89. The minimum Gasteiger partial charge on any atom is -0.482 e. The highest BCUT2D eigenvalue weighted by Crippen LogP contribution is 2.27. The quantitative estimate of drug-likeness (QED) is 0.589. The van der Waals surface area contributed by atoms with Crippen molar-refractivity contribution < 1.29 is 22.7 Å². The Hall–Kier alpha value is -1.84. The fourth-order valence-corrected chi connectivity index (χ4v) is 2.78. The lowest BCUT2D eigenvalue weighted by Crippen LogP contribution is -2.29. The summed E-state index contributed by atoms with van der Waals surface area (Å²) in [5.74, 6) is -0.815. The third kappa shape index (κ3) is 5.51. The van der Waals surface area contributed by atoms with E-state index >= 15 is 0 Å². The minimum absolute atomic E-state index is 0.0171. The van der Waals surface area contributed by atoms with Gasteiger partial charge >= 0.3 is 0 Å². The third-order valence-electron chi connectivity index (χ3n) is 2.51. The van der Waals surface area contributed by atoms with Crippen molar-refractivity contribution >= 4 is 33.4 Å². The molecule has 0 unspecified atom stereocenters. The number of carbonyl (C=O) groups excluding carboxylic acids is 2. The highest BCUT2D eigenvalue weighted by Gasteiger charge is 2.16. The third-order valence-corrected chi connectivity index (χ3v) is 4.26. The molecule has 0 radical (unpaired) electrons. The van der Waals surface area contributed by atoms with E-state index in [0.29, 0.717) is 0 Å². The molecule has 0 atom stereocenters. The standard InChI is InChI=1S/C12H16ClN3O5S/c1-15-12(18)4-5-16-22(19,20)8-2-3-10(9(13)6-8)21-7-11(14)17/h2-3,6,16H,4-5,7H2,1H3,(H2,14,17)(H,15,18). The Morgan fingerprint density at radius 1 is 1.36 bits per heavy atom. The summed E-state index contributed by atoms with van der Waals surface area (Å²) in [6, 6.07) is 3.77. The van der Waals surface area contributed by atoms with Gasteiger partial charge in [-0.2, -0.15) is 0 Å². The van der Waals surface area contributed by atoms with Crippen LogP contribution >= 0.6 is 11.6 Å². The lowest BCUT2D eigenvalue weighted by atomic mass is 10.3. The van der Waals surface area contributed by atoms with Crippen LogP contribution in [0.5, 0.6) is 5.75 Å². The molecule has 1 aromatic carbocycles. The number of amides is 2. The zero-order valence-electron chi connectivity index (χ0n) is 11.8. The average Bonchev–Trinajstić information content (AvgIpc) is 2.45. The first kappa shape index (κ1) is 18.2. The molecule has 1 aromatic rings. The summed E-state index contributed by atoms with van der Waals surface area (Å²) in [7, 11) is -2.34. The number of nitrogens with two attached hydrogens (primary N) is 1. The maximum Gasteiger partial charge on any atom is 0.255 e. The smallest absolute Gasteiger partial charge is 0.255 e. The summed E-state index contributed by atoms with van der Waals surface area (Å²) in [5, 5.41) is 2.41. The predicted molar refractivity (Wildman–Crippen MR) is 80.0 cm³/mol. The van der Waals surface area contributed by atoms with E-state index in [4.69, 9.17) is 22.1 Å². The molecule has 0 spiro atoms. The van der Waals surface area contributed by atoms with Crippen molar-refractivity contribution in [3.8, 4) is 5.75 Å². The number of primary amides is 1. The van der Waals surface area contributed by atoms with Gasteiger partial charge in [0.15, 0.2) is 6.61 Å². The van der Waals surface area contributed by atoms with Gasteiger partial charge in [0, 0.05) is 20.0 Å². The first-order valence-electron chi connectivity index (χ1n) is 6.17. The second kappa shape index (κ2) is 7.97. The van der Waals surface area contributed by atoms with Crippen LogP contribution in [-0.2, 0) is 19.6 Å². The Morgan fingerprint density at radius 3 is 2.59 bits per heavy atom. The van der Waals surface area contributed by atoms with Gasteiger partial charge in [-0.05, 0) is 18.2 Å². The Kier molecular flexibility index (Phi) is 6.60. The Balaban J connectivity index is 2.77.